The molecule has 4 heteroatoms. The number of hydrogen-bond donors (Lipinski definition) is 1. The lowest BCUT2D eigenvalue weighted by molar-refractivity contribution is 0.0696. The summed E-state index contributed by atoms with van der Waals surface area (Å²) in [6, 6.07) is 9.38. The molecular weight excluding hydrogens is 258 g/mol. The van der Waals surface area contributed by atoms with Crippen molar-refractivity contribution in [3.8, 4) is 0 Å². The van der Waals surface area contributed by atoms with Crippen LogP contribution in [0.25, 0.3) is 0 Å². The van der Waals surface area contributed by atoms with E-state index in [9.17, 15) is 4.79 Å². The monoisotopic (exact) mass is 273 g/mol. The average molecular weight is 273 g/mol. The first-order valence-electron chi connectivity index (χ1n) is 5.93. The molecule has 1 aromatic heterocycles. The second kappa shape index (κ2) is 5.45. The molecule has 3 nitrogen and oxygen atoms in total. The van der Waals surface area contributed by atoms with E-state index < -0.39 is 5.97 Å². The van der Waals surface area contributed by atoms with E-state index in [1.807, 2.05) is 19.1 Å². The number of rotatable bonds is 3. The topological polar surface area (TPSA) is 50.2 Å². The summed E-state index contributed by atoms with van der Waals surface area (Å²) in [7, 11) is 0. The van der Waals surface area contributed by atoms with Crippen LogP contribution in [-0.4, -0.2) is 16.1 Å². The summed E-state index contributed by atoms with van der Waals surface area (Å²) in [5.41, 5.74) is 3.38. The van der Waals surface area contributed by atoms with Crippen molar-refractivity contribution in [3.63, 3.8) is 0 Å². The van der Waals surface area contributed by atoms with Gasteiger partial charge in [-0.25, -0.2) is 9.78 Å². The van der Waals surface area contributed by atoms with Gasteiger partial charge in [-0.2, -0.15) is 0 Å². The molecule has 0 bridgehead atoms. The molecule has 0 amide bonds. The Balaban J connectivity index is 2.35. The van der Waals surface area contributed by atoms with Crippen LogP contribution in [0.5, 0.6) is 0 Å². The molecule has 0 aliphatic rings. The average Bonchev–Trinajstić information content (AvgIpc) is 2.32. The van der Waals surface area contributed by atoms with Gasteiger partial charge in [-0.05, 0) is 44.5 Å². The minimum absolute atomic E-state index is 0.278. The van der Waals surface area contributed by atoms with Crippen molar-refractivity contribution in [3.05, 3.63) is 52.7 Å². The van der Waals surface area contributed by atoms with Gasteiger partial charge in [0.05, 0.1) is 5.56 Å². The van der Waals surface area contributed by atoms with Crippen LogP contribution in [0.1, 0.15) is 27.2 Å². The van der Waals surface area contributed by atoms with Crippen molar-refractivity contribution >= 4 is 17.7 Å². The van der Waals surface area contributed by atoms with Crippen LogP contribution in [-0.2, 0) is 0 Å². The van der Waals surface area contributed by atoms with E-state index in [1.54, 1.807) is 19.1 Å². The Morgan fingerprint density at radius 3 is 2.53 bits per heavy atom. The molecule has 0 aliphatic heterocycles. The fourth-order valence-electron chi connectivity index (χ4n) is 1.84. The van der Waals surface area contributed by atoms with Gasteiger partial charge in [-0.15, -0.1) is 0 Å². The molecule has 0 saturated heterocycles. The number of pyridine rings is 1. The van der Waals surface area contributed by atoms with Crippen LogP contribution in [0.3, 0.4) is 0 Å². The van der Waals surface area contributed by atoms with Crippen molar-refractivity contribution in [2.75, 3.05) is 0 Å². The quantitative estimate of drug-likeness (QED) is 0.922. The van der Waals surface area contributed by atoms with Gasteiger partial charge in [0.2, 0.25) is 0 Å². The number of hydrogen-bond acceptors (Lipinski definition) is 3. The van der Waals surface area contributed by atoms with Crippen molar-refractivity contribution in [1.82, 2.24) is 4.98 Å². The van der Waals surface area contributed by atoms with E-state index in [2.05, 4.69) is 18.0 Å². The summed E-state index contributed by atoms with van der Waals surface area (Å²) < 4.78 is 0. The molecule has 0 atom stereocenters. The van der Waals surface area contributed by atoms with E-state index in [-0.39, 0.29) is 5.56 Å². The lowest BCUT2D eigenvalue weighted by Crippen LogP contribution is -1.99. The fourth-order valence-corrected chi connectivity index (χ4v) is 2.80. The number of nitrogens with zero attached hydrogens (tertiary/aromatic N) is 1. The molecule has 0 saturated carbocycles. The van der Waals surface area contributed by atoms with Gasteiger partial charge >= 0.3 is 5.97 Å². The SMILES string of the molecule is Cc1ccc(Sc2cc(C(=O)O)cc(C)n2)c(C)c1. The first-order chi connectivity index (χ1) is 8.95. The third-order valence-electron chi connectivity index (χ3n) is 2.72. The minimum atomic E-state index is -0.923. The highest BCUT2D eigenvalue weighted by Gasteiger charge is 2.09. The van der Waals surface area contributed by atoms with Gasteiger partial charge in [0, 0.05) is 10.6 Å². The number of carboxylic acid groups (broad SMARTS) is 1. The summed E-state index contributed by atoms with van der Waals surface area (Å²) in [6.07, 6.45) is 0. The molecule has 0 aliphatic carbocycles. The number of benzene rings is 1. The van der Waals surface area contributed by atoms with Gasteiger partial charge in [0.15, 0.2) is 0 Å². The Morgan fingerprint density at radius 2 is 1.89 bits per heavy atom. The molecular formula is C15H15NO2S. The van der Waals surface area contributed by atoms with Crippen LogP contribution in [0.2, 0.25) is 0 Å². The zero-order chi connectivity index (χ0) is 14.0. The van der Waals surface area contributed by atoms with Gasteiger partial charge in [0.25, 0.3) is 0 Å². The van der Waals surface area contributed by atoms with Crippen molar-refractivity contribution in [2.24, 2.45) is 0 Å². The Kier molecular flexibility index (Phi) is 3.90. The summed E-state index contributed by atoms with van der Waals surface area (Å²) in [4.78, 5) is 16.5. The first-order valence-corrected chi connectivity index (χ1v) is 6.74. The molecule has 1 N–H and O–H groups in total. The predicted molar refractivity (Wildman–Crippen MR) is 76.0 cm³/mol. The first kappa shape index (κ1) is 13.6. The van der Waals surface area contributed by atoms with E-state index in [1.165, 1.54) is 22.9 Å². The van der Waals surface area contributed by atoms with Crippen molar-refractivity contribution < 1.29 is 9.90 Å². The Morgan fingerprint density at radius 1 is 1.16 bits per heavy atom. The third kappa shape index (κ3) is 3.35. The highest BCUT2D eigenvalue weighted by atomic mass is 32.2. The molecule has 19 heavy (non-hydrogen) atoms. The van der Waals surface area contributed by atoms with E-state index in [4.69, 9.17) is 5.11 Å². The van der Waals surface area contributed by atoms with Gasteiger partial charge in [-0.1, -0.05) is 29.5 Å². The largest absolute Gasteiger partial charge is 0.478 e. The summed E-state index contributed by atoms with van der Waals surface area (Å²) in [5.74, 6) is -0.923. The predicted octanol–water partition coefficient (Wildman–Crippen LogP) is 3.86. The Labute approximate surface area is 116 Å². The smallest absolute Gasteiger partial charge is 0.335 e. The maximum Gasteiger partial charge on any atom is 0.335 e. The van der Waals surface area contributed by atoms with E-state index >= 15 is 0 Å². The molecule has 0 fully saturated rings. The van der Waals surface area contributed by atoms with E-state index in [0.29, 0.717) is 10.7 Å². The van der Waals surface area contributed by atoms with Crippen LogP contribution < -0.4 is 0 Å². The van der Waals surface area contributed by atoms with Crippen molar-refractivity contribution in [1.29, 1.82) is 0 Å². The number of carboxylic acids is 1. The standard InChI is InChI=1S/C15H15NO2S/c1-9-4-5-13(10(2)6-9)19-14-8-12(15(17)18)7-11(3)16-14/h4-8H,1-3H3,(H,17,18). The fraction of sp³-hybridized carbons (Fsp3) is 0.200. The molecule has 0 radical (unpaired) electrons. The highest BCUT2D eigenvalue weighted by Crippen LogP contribution is 2.30. The normalized spacial score (nSPS) is 10.5. The van der Waals surface area contributed by atoms with Crippen LogP contribution in [0, 0.1) is 20.8 Å². The second-order valence-electron chi connectivity index (χ2n) is 4.51. The Hall–Kier alpha value is -1.81. The lowest BCUT2D eigenvalue weighted by atomic mass is 10.2. The minimum Gasteiger partial charge on any atom is -0.478 e. The molecule has 0 unspecified atom stereocenters. The molecule has 2 aromatic rings. The maximum absolute atomic E-state index is 11.0. The maximum atomic E-state index is 11.0. The Bertz CT molecular complexity index is 638. The molecule has 0 spiro atoms. The lowest BCUT2D eigenvalue weighted by Gasteiger charge is -2.07. The highest BCUT2D eigenvalue weighted by molar-refractivity contribution is 7.99. The third-order valence-corrected chi connectivity index (χ3v) is 3.82. The second-order valence-corrected chi connectivity index (χ2v) is 5.57. The van der Waals surface area contributed by atoms with Crippen molar-refractivity contribution in [2.45, 2.75) is 30.7 Å². The summed E-state index contributed by atoms with van der Waals surface area (Å²) in [6.45, 7) is 5.90. The molecule has 98 valence electrons. The van der Waals surface area contributed by atoms with Gasteiger partial charge < -0.3 is 5.11 Å². The number of aryl methyl sites for hydroxylation is 3. The molecule has 2 rings (SSSR count). The van der Waals surface area contributed by atoms with Gasteiger partial charge in [0.1, 0.15) is 5.03 Å². The van der Waals surface area contributed by atoms with Gasteiger partial charge in [-0.3, -0.25) is 0 Å². The zero-order valence-electron chi connectivity index (χ0n) is 11.1. The molecule has 1 heterocycles. The van der Waals surface area contributed by atoms with Crippen LogP contribution in [0.4, 0.5) is 0 Å². The zero-order valence-corrected chi connectivity index (χ0v) is 11.9. The number of aromatic carboxylic acids is 1. The van der Waals surface area contributed by atoms with Crippen LogP contribution >= 0.6 is 11.8 Å². The summed E-state index contributed by atoms with van der Waals surface area (Å²) >= 11 is 1.49. The van der Waals surface area contributed by atoms with E-state index in [0.717, 1.165) is 4.90 Å². The molecule has 1 aromatic carbocycles. The summed E-state index contributed by atoms with van der Waals surface area (Å²) in [5, 5.41) is 9.77. The number of carbonyl (C=O) groups is 1. The number of aromatic nitrogens is 1. The van der Waals surface area contributed by atoms with Crippen LogP contribution in [0.15, 0.2) is 40.3 Å².